The minimum absolute atomic E-state index is 0.0640. The molecule has 0 aliphatic heterocycles. The summed E-state index contributed by atoms with van der Waals surface area (Å²) in [6.07, 6.45) is 3.10. The number of benzene rings is 1. The Hall–Kier alpha value is -2.50. The van der Waals surface area contributed by atoms with Crippen LogP contribution in [0.25, 0.3) is 0 Å². The average Bonchev–Trinajstić information content (AvgIpc) is 3.17. The molecule has 24 heavy (non-hydrogen) atoms. The highest BCUT2D eigenvalue weighted by molar-refractivity contribution is 5.74. The summed E-state index contributed by atoms with van der Waals surface area (Å²) in [5.41, 5.74) is 3.80. The third-order valence-corrected chi connectivity index (χ3v) is 4.58. The molecule has 1 aromatic carbocycles. The van der Waals surface area contributed by atoms with Crippen LogP contribution in [-0.2, 0) is 25.8 Å². The van der Waals surface area contributed by atoms with Gasteiger partial charge in [0, 0.05) is 18.5 Å². The molecular weight excluding hydrogens is 306 g/mol. The molecule has 0 saturated carbocycles. The Morgan fingerprint density at radius 2 is 2.21 bits per heavy atom. The van der Waals surface area contributed by atoms with Crippen molar-refractivity contribution >= 4 is 6.03 Å². The van der Waals surface area contributed by atoms with Crippen LogP contribution in [0.15, 0.2) is 22.7 Å². The molecule has 0 bridgehead atoms. The fraction of sp³-hybridized carbons (Fsp3) is 0.444. The Balaban J connectivity index is 1.62. The minimum Gasteiger partial charge on any atom is -0.508 e. The van der Waals surface area contributed by atoms with Crippen LogP contribution in [-0.4, -0.2) is 16.3 Å². The van der Waals surface area contributed by atoms with Gasteiger partial charge in [-0.25, -0.2) is 4.79 Å². The smallest absolute Gasteiger partial charge is 0.315 e. The number of aromatic hydroxyl groups is 1. The summed E-state index contributed by atoms with van der Waals surface area (Å²) in [7, 11) is 0. The van der Waals surface area contributed by atoms with E-state index in [0.717, 1.165) is 53.8 Å². The number of urea groups is 1. The fourth-order valence-electron chi connectivity index (χ4n) is 3.30. The molecule has 0 spiro atoms. The van der Waals surface area contributed by atoms with Gasteiger partial charge in [-0.1, -0.05) is 31.1 Å². The molecule has 1 aromatic heterocycles. The first-order valence-electron chi connectivity index (χ1n) is 8.45. The van der Waals surface area contributed by atoms with Crippen LogP contribution < -0.4 is 10.6 Å². The van der Waals surface area contributed by atoms with Crippen molar-refractivity contribution < 1.29 is 14.4 Å². The van der Waals surface area contributed by atoms with Gasteiger partial charge in [0.2, 0.25) is 0 Å². The lowest BCUT2D eigenvalue weighted by Crippen LogP contribution is -2.37. The van der Waals surface area contributed by atoms with Crippen molar-refractivity contribution in [1.82, 2.24) is 15.8 Å². The summed E-state index contributed by atoms with van der Waals surface area (Å²) >= 11 is 0. The third-order valence-electron chi connectivity index (χ3n) is 4.58. The van der Waals surface area contributed by atoms with E-state index in [1.807, 2.05) is 26.0 Å². The molecule has 1 aliphatic rings. The molecule has 128 valence electrons. The van der Waals surface area contributed by atoms with E-state index >= 15 is 0 Å². The number of aromatic nitrogens is 1. The number of amides is 2. The number of hydrogen-bond acceptors (Lipinski definition) is 4. The summed E-state index contributed by atoms with van der Waals surface area (Å²) in [6.45, 7) is 4.43. The van der Waals surface area contributed by atoms with Crippen LogP contribution in [0, 0.1) is 0 Å². The second-order valence-corrected chi connectivity index (χ2v) is 6.00. The maximum atomic E-state index is 12.3. The monoisotopic (exact) mass is 329 g/mol. The van der Waals surface area contributed by atoms with E-state index < -0.39 is 0 Å². The number of phenolic OH excluding ortho intramolecular Hbond substituents is 1. The number of hydrogen-bond donors (Lipinski definition) is 3. The quantitative estimate of drug-likeness (QED) is 0.787. The van der Waals surface area contributed by atoms with Crippen molar-refractivity contribution in [3.05, 3.63) is 46.3 Å². The van der Waals surface area contributed by atoms with Crippen LogP contribution in [0.1, 0.15) is 54.5 Å². The Bertz CT molecular complexity index is 718. The Labute approximate surface area is 141 Å². The van der Waals surface area contributed by atoms with Gasteiger partial charge in [-0.3, -0.25) is 0 Å². The van der Waals surface area contributed by atoms with E-state index in [4.69, 9.17) is 4.52 Å². The number of aryl methyl sites for hydroxylation is 2. The SMILES string of the molecule is CCc1noc(CC)c1CNC(=O)NC1CCc2c(O)cccc21. The summed E-state index contributed by atoms with van der Waals surface area (Å²) in [6, 6.07) is 5.17. The summed E-state index contributed by atoms with van der Waals surface area (Å²) in [4.78, 5) is 12.3. The maximum Gasteiger partial charge on any atom is 0.315 e. The number of carbonyl (C=O) groups is 1. The van der Waals surface area contributed by atoms with Gasteiger partial charge in [0.15, 0.2) is 0 Å². The Morgan fingerprint density at radius 3 is 2.96 bits per heavy atom. The molecule has 3 rings (SSSR count). The lowest BCUT2D eigenvalue weighted by molar-refractivity contribution is 0.236. The molecule has 1 heterocycles. The van der Waals surface area contributed by atoms with Gasteiger partial charge in [-0.2, -0.15) is 0 Å². The largest absolute Gasteiger partial charge is 0.508 e. The Morgan fingerprint density at radius 1 is 1.38 bits per heavy atom. The fourth-order valence-corrected chi connectivity index (χ4v) is 3.30. The molecule has 6 heteroatoms. The number of rotatable bonds is 5. The molecule has 2 amide bonds. The van der Waals surface area contributed by atoms with Crippen molar-refractivity contribution in [2.75, 3.05) is 0 Å². The van der Waals surface area contributed by atoms with Crippen molar-refractivity contribution in [3.63, 3.8) is 0 Å². The van der Waals surface area contributed by atoms with Gasteiger partial charge >= 0.3 is 6.03 Å². The summed E-state index contributed by atoms with van der Waals surface area (Å²) < 4.78 is 5.31. The summed E-state index contributed by atoms with van der Waals surface area (Å²) in [5, 5.41) is 19.8. The van der Waals surface area contributed by atoms with Gasteiger partial charge < -0.3 is 20.3 Å². The maximum absolute atomic E-state index is 12.3. The van der Waals surface area contributed by atoms with Crippen molar-refractivity contribution in [2.45, 2.75) is 52.1 Å². The van der Waals surface area contributed by atoms with Crippen LogP contribution >= 0.6 is 0 Å². The summed E-state index contributed by atoms with van der Waals surface area (Å²) in [5.74, 6) is 1.13. The number of carbonyl (C=O) groups excluding carboxylic acids is 1. The van der Waals surface area contributed by atoms with Gasteiger partial charge in [0.1, 0.15) is 11.5 Å². The molecule has 0 saturated heterocycles. The predicted molar refractivity (Wildman–Crippen MR) is 89.8 cm³/mol. The lowest BCUT2D eigenvalue weighted by Gasteiger charge is -2.15. The lowest BCUT2D eigenvalue weighted by atomic mass is 10.1. The van der Waals surface area contributed by atoms with Gasteiger partial charge in [-0.15, -0.1) is 0 Å². The molecular formula is C18H23N3O3. The number of nitrogens with one attached hydrogen (secondary N) is 2. The first-order valence-corrected chi connectivity index (χ1v) is 8.45. The second-order valence-electron chi connectivity index (χ2n) is 6.00. The van der Waals surface area contributed by atoms with Crippen LogP contribution in [0.2, 0.25) is 0 Å². The van der Waals surface area contributed by atoms with E-state index in [-0.39, 0.29) is 12.1 Å². The highest BCUT2D eigenvalue weighted by atomic mass is 16.5. The Kier molecular flexibility index (Phi) is 4.74. The van der Waals surface area contributed by atoms with E-state index in [0.29, 0.717) is 12.3 Å². The van der Waals surface area contributed by atoms with Crippen LogP contribution in [0.3, 0.4) is 0 Å². The standard InChI is InChI=1S/C18H23N3O3/c1-3-14-13(17(4-2)24-21-14)10-19-18(23)20-15-9-8-12-11(15)6-5-7-16(12)22/h5-7,15,22H,3-4,8-10H2,1-2H3,(H2,19,20,23). The van der Waals surface area contributed by atoms with E-state index in [9.17, 15) is 9.90 Å². The first kappa shape index (κ1) is 16.4. The van der Waals surface area contributed by atoms with E-state index in [1.165, 1.54) is 0 Å². The van der Waals surface area contributed by atoms with Gasteiger partial charge in [0.05, 0.1) is 11.7 Å². The number of fused-ring (bicyclic) bond motifs is 1. The van der Waals surface area contributed by atoms with E-state index in [2.05, 4.69) is 15.8 Å². The molecule has 6 nitrogen and oxygen atoms in total. The average molecular weight is 329 g/mol. The molecule has 1 aliphatic carbocycles. The zero-order valence-electron chi connectivity index (χ0n) is 14.1. The minimum atomic E-state index is -0.221. The number of nitrogens with zero attached hydrogens (tertiary/aromatic N) is 1. The number of phenols is 1. The highest BCUT2D eigenvalue weighted by Gasteiger charge is 2.26. The second kappa shape index (κ2) is 6.95. The molecule has 1 atom stereocenters. The van der Waals surface area contributed by atoms with Crippen LogP contribution in [0.5, 0.6) is 5.75 Å². The normalized spacial score (nSPS) is 16.0. The zero-order valence-corrected chi connectivity index (χ0v) is 14.1. The van der Waals surface area contributed by atoms with Gasteiger partial charge in [-0.05, 0) is 36.5 Å². The molecule has 3 N–H and O–H groups in total. The topological polar surface area (TPSA) is 87.4 Å². The molecule has 0 radical (unpaired) electrons. The molecule has 0 fully saturated rings. The molecule has 2 aromatic rings. The highest BCUT2D eigenvalue weighted by Crippen LogP contribution is 2.36. The zero-order chi connectivity index (χ0) is 17.1. The molecule has 1 unspecified atom stereocenters. The van der Waals surface area contributed by atoms with Crippen LogP contribution in [0.4, 0.5) is 4.79 Å². The predicted octanol–water partition coefficient (Wildman–Crippen LogP) is 2.99. The van der Waals surface area contributed by atoms with Crippen molar-refractivity contribution in [1.29, 1.82) is 0 Å². The van der Waals surface area contributed by atoms with Gasteiger partial charge in [0.25, 0.3) is 0 Å². The first-order chi connectivity index (χ1) is 11.6. The van der Waals surface area contributed by atoms with Crippen molar-refractivity contribution in [3.8, 4) is 5.75 Å². The third kappa shape index (κ3) is 3.09. The van der Waals surface area contributed by atoms with E-state index in [1.54, 1.807) is 6.07 Å². The van der Waals surface area contributed by atoms with Crippen molar-refractivity contribution in [2.24, 2.45) is 0 Å².